The van der Waals surface area contributed by atoms with Crippen LogP contribution in [0.2, 0.25) is 0 Å². The highest BCUT2D eigenvalue weighted by Gasteiger charge is 2.14. The van der Waals surface area contributed by atoms with Gasteiger partial charge < -0.3 is 5.32 Å². The molecule has 2 heteroatoms. The third-order valence-electron chi connectivity index (χ3n) is 2.68. The van der Waals surface area contributed by atoms with E-state index in [1.54, 1.807) is 0 Å². The highest BCUT2D eigenvalue weighted by molar-refractivity contribution is 5.96. The van der Waals surface area contributed by atoms with Crippen LogP contribution in [0.3, 0.4) is 0 Å². The average molecular weight is 219 g/mol. The molecule has 1 rings (SSSR count). The molecule has 16 heavy (non-hydrogen) atoms. The molecule has 0 aliphatic rings. The number of carbonyl (C=O) groups is 1. The number of rotatable bonds is 4. The van der Waals surface area contributed by atoms with Crippen molar-refractivity contribution in [1.29, 1.82) is 0 Å². The van der Waals surface area contributed by atoms with E-state index >= 15 is 0 Å². The molecule has 0 heterocycles. The molecule has 0 atom stereocenters. The van der Waals surface area contributed by atoms with Crippen LogP contribution in [0.5, 0.6) is 0 Å². The Morgan fingerprint density at radius 2 is 2.06 bits per heavy atom. The topological polar surface area (TPSA) is 29.1 Å². The number of hydrogen-bond donors (Lipinski definition) is 1. The minimum Gasteiger partial charge on any atom is -0.352 e. The molecular weight excluding hydrogens is 198 g/mol. The minimum absolute atomic E-state index is 0.0502. The first-order chi connectivity index (χ1) is 7.57. The lowest BCUT2D eigenvalue weighted by Crippen LogP contribution is -2.25. The van der Waals surface area contributed by atoms with Gasteiger partial charge in [-0.3, -0.25) is 4.79 Å². The molecule has 0 spiro atoms. The molecule has 0 aromatic heterocycles. The second-order valence-electron chi connectivity index (χ2n) is 4.45. The van der Waals surface area contributed by atoms with Gasteiger partial charge in [0.25, 0.3) is 5.91 Å². The van der Waals surface area contributed by atoms with Crippen molar-refractivity contribution in [2.75, 3.05) is 6.54 Å². The van der Waals surface area contributed by atoms with E-state index in [2.05, 4.69) is 39.1 Å². The first-order valence-corrected chi connectivity index (χ1v) is 5.95. The van der Waals surface area contributed by atoms with Gasteiger partial charge in [-0.1, -0.05) is 32.9 Å². The highest BCUT2D eigenvalue weighted by Crippen LogP contribution is 2.23. The molecular formula is C14H21NO. The maximum Gasteiger partial charge on any atom is 0.251 e. The van der Waals surface area contributed by atoms with Crippen molar-refractivity contribution in [3.8, 4) is 0 Å². The average Bonchev–Trinajstić information content (AvgIpc) is 2.24. The second-order valence-corrected chi connectivity index (χ2v) is 4.45. The monoisotopic (exact) mass is 219 g/mol. The molecule has 88 valence electrons. The molecule has 0 saturated carbocycles. The van der Waals surface area contributed by atoms with Crippen molar-refractivity contribution in [3.05, 3.63) is 34.9 Å². The standard InChI is InChI=1S/C14H21NO/c1-5-9-15-14(16)12-8-6-7-11(4)13(12)10(2)3/h6-8,10H,5,9H2,1-4H3,(H,15,16). The summed E-state index contributed by atoms with van der Waals surface area (Å²) >= 11 is 0. The Balaban J connectivity index is 3.03. The molecule has 2 nitrogen and oxygen atoms in total. The maximum absolute atomic E-state index is 12.0. The summed E-state index contributed by atoms with van der Waals surface area (Å²) in [6.45, 7) is 9.11. The maximum atomic E-state index is 12.0. The summed E-state index contributed by atoms with van der Waals surface area (Å²) in [4.78, 5) is 12.0. The van der Waals surface area contributed by atoms with Crippen molar-refractivity contribution in [2.45, 2.75) is 40.0 Å². The van der Waals surface area contributed by atoms with Crippen LogP contribution in [0.4, 0.5) is 0 Å². The number of nitrogens with one attached hydrogen (secondary N) is 1. The molecule has 0 fully saturated rings. The summed E-state index contributed by atoms with van der Waals surface area (Å²) in [5.74, 6) is 0.429. The van der Waals surface area contributed by atoms with Gasteiger partial charge in [0.15, 0.2) is 0 Å². The summed E-state index contributed by atoms with van der Waals surface area (Å²) in [5, 5.41) is 2.93. The van der Waals surface area contributed by atoms with Crippen molar-refractivity contribution >= 4 is 5.91 Å². The van der Waals surface area contributed by atoms with E-state index < -0.39 is 0 Å². The van der Waals surface area contributed by atoms with Crippen molar-refractivity contribution in [1.82, 2.24) is 5.32 Å². The van der Waals surface area contributed by atoms with Crippen LogP contribution in [0.15, 0.2) is 18.2 Å². The van der Waals surface area contributed by atoms with Crippen LogP contribution in [0.25, 0.3) is 0 Å². The SMILES string of the molecule is CCCNC(=O)c1cccc(C)c1C(C)C. The Bertz CT molecular complexity index is 369. The van der Waals surface area contributed by atoms with Gasteiger partial charge in [0, 0.05) is 12.1 Å². The zero-order valence-corrected chi connectivity index (χ0v) is 10.6. The fourth-order valence-corrected chi connectivity index (χ4v) is 1.98. The van der Waals surface area contributed by atoms with Crippen molar-refractivity contribution < 1.29 is 4.79 Å². The van der Waals surface area contributed by atoms with E-state index in [0.29, 0.717) is 5.92 Å². The molecule has 0 aliphatic heterocycles. The van der Waals surface area contributed by atoms with Gasteiger partial charge in [-0.15, -0.1) is 0 Å². The van der Waals surface area contributed by atoms with Crippen LogP contribution in [-0.4, -0.2) is 12.5 Å². The van der Waals surface area contributed by atoms with Gasteiger partial charge >= 0.3 is 0 Å². The van der Waals surface area contributed by atoms with Crippen molar-refractivity contribution in [3.63, 3.8) is 0 Å². The molecule has 0 aliphatic carbocycles. The van der Waals surface area contributed by atoms with Gasteiger partial charge in [-0.05, 0) is 36.5 Å². The summed E-state index contributed by atoms with van der Waals surface area (Å²) < 4.78 is 0. The molecule has 0 radical (unpaired) electrons. The first-order valence-electron chi connectivity index (χ1n) is 5.95. The van der Waals surface area contributed by atoms with E-state index in [0.717, 1.165) is 24.1 Å². The van der Waals surface area contributed by atoms with E-state index in [-0.39, 0.29) is 5.91 Å². The number of hydrogen-bond acceptors (Lipinski definition) is 1. The van der Waals surface area contributed by atoms with Crippen LogP contribution in [0, 0.1) is 6.92 Å². The molecule has 1 amide bonds. The lowest BCUT2D eigenvalue weighted by Gasteiger charge is -2.15. The zero-order valence-electron chi connectivity index (χ0n) is 10.6. The number of amides is 1. The Morgan fingerprint density at radius 3 is 2.62 bits per heavy atom. The Hall–Kier alpha value is -1.31. The smallest absolute Gasteiger partial charge is 0.251 e. The quantitative estimate of drug-likeness (QED) is 0.827. The van der Waals surface area contributed by atoms with E-state index in [1.165, 1.54) is 5.56 Å². The lowest BCUT2D eigenvalue weighted by molar-refractivity contribution is 0.0952. The number of carbonyl (C=O) groups excluding carboxylic acids is 1. The van der Waals surface area contributed by atoms with Gasteiger partial charge in [0.1, 0.15) is 0 Å². The normalized spacial score (nSPS) is 10.6. The summed E-state index contributed by atoms with van der Waals surface area (Å²) in [6, 6.07) is 5.92. The van der Waals surface area contributed by atoms with Crippen LogP contribution in [-0.2, 0) is 0 Å². The van der Waals surface area contributed by atoms with Crippen LogP contribution >= 0.6 is 0 Å². The van der Waals surface area contributed by atoms with E-state index in [1.807, 2.05) is 12.1 Å². The molecule has 0 saturated heterocycles. The number of benzene rings is 1. The fourth-order valence-electron chi connectivity index (χ4n) is 1.98. The van der Waals surface area contributed by atoms with Gasteiger partial charge in [-0.25, -0.2) is 0 Å². The predicted octanol–water partition coefficient (Wildman–Crippen LogP) is 3.26. The summed E-state index contributed by atoms with van der Waals surface area (Å²) in [7, 11) is 0. The zero-order chi connectivity index (χ0) is 12.1. The fraction of sp³-hybridized carbons (Fsp3) is 0.500. The Labute approximate surface area is 98.1 Å². The third kappa shape index (κ3) is 2.84. The van der Waals surface area contributed by atoms with Crippen LogP contribution in [0.1, 0.15) is 54.6 Å². The van der Waals surface area contributed by atoms with Crippen molar-refractivity contribution in [2.24, 2.45) is 0 Å². The number of aryl methyl sites for hydroxylation is 1. The first kappa shape index (κ1) is 12.8. The van der Waals surface area contributed by atoms with Gasteiger partial charge in [0.05, 0.1) is 0 Å². The Morgan fingerprint density at radius 1 is 1.38 bits per heavy atom. The largest absolute Gasteiger partial charge is 0.352 e. The molecule has 0 bridgehead atoms. The molecule has 1 aromatic rings. The summed E-state index contributed by atoms with van der Waals surface area (Å²) in [6.07, 6.45) is 0.967. The molecule has 1 N–H and O–H groups in total. The van der Waals surface area contributed by atoms with E-state index in [9.17, 15) is 4.79 Å². The second kappa shape index (κ2) is 5.69. The van der Waals surface area contributed by atoms with Gasteiger partial charge in [0.2, 0.25) is 0 Å². The molecule has 1 aromatic carbocycles. The highest BCUT2D eigenvalue weighted by atomic mass is 16.1. The van der Waals surface area contributed by atoms with Crippen LogP contribution < -0.4 is 5.32 Å². The summed E-state index contributed by atoms with van der Waals surface area (Å²) in [5.41, 5.74) is 3.18. The van der Waals surface area contributed by atoms with E-state index in [4.69, 9.17) is 0 Å². The molecule has 0 unspecified atom stereocenters. The van der Waals surface area contributed by atoms with Gasteiger partial charge in [-0.2, -0.15) is 0 Å². The Kier molecular flexibility index (Phi) is 4.53. The minimum atomic E-state index is 0.0502. The lowest BCUT2D eigenvalue weighted by atomic mass is 9.92. The third-order valence-corrected chi connectivity index (χ3v) is 2.68. The predicted molar refractivity (Wildman–Crippen MR) is 67.9 cm³/mol.